The van der Waals surface area contributed by atoms with E-state index in [-0.39, 0.29) is 22.1 Å². The molecule has 0 fully saturated rings. The first-order valence-corrected chi connectivity index (χ1v) is 12.6. The Morgan fingerprint density at radius 1 is 1.06 bits per heavy atom. The lowest BCUT2D eigenvalue weighted by Crippen LogP contribution is -2.22. The molecule has 0 radical (unpaired) electrons. The number of anilines is 1. The molecular weight excluding hydrogens is 454 g/mol. The van der Waals surface area contributed by atoms with Gasteiger partial charge in [0.15, 0.2) is 0 Å². The minimum atomic E-state index is -3.61. The van der Waals surface area contributed by atoms with Crippen LogP contribution in [-0.2, 0) is 38.3 Å². The quantitative estimate of drug-likeness (QED) is 0.501. The maximum atomic E-state index is 12.4. The van der Waals surface area contributed by atoms with Crippen LogP contribution in [0.2, 0.25) is 0 Å². The summed E-state index contributed by atoms with van der Waals surface area (Å²) in [6.07, 6.45) is 0.435. The van der Waals surface area contributed by atoms with E-state index in [4.69, 9.17) is 0 Å². The van der Waals surface area contributed by atoms with E-state index in [1.807, 2.05) is 4.57 Å². The lowest BCUT2D eigenvalue weighted by molar-refractivity contribution is -0.116. The molecule has 1 heterocycles. The number of nitrogens with zero attached hydrogens (tertiary/aromatic N) is 3. The van der Waals surface area contributed by atoms with E-state index in [0.29, 0.717) is 23.4 Å². The molecule has 0 saturated carbocycles. The number of sulfonamides is 2. The summed E-state index contributed by atoms with van der Waals surface area (Å²) in [7, 11) is -1.14. The highest BCUT2D eigenvalue weighted by Gasteiger charge is 2.19. The minimum Gasteiger partial charge on any atom is -0.331 e. The highest BCUT2D eigenvalue weighted by atomic mass is 32.2. The zero-order valence-corrected chi connectivity index (χ0v) is 19.8. The first-order chi connectivity index (χ1) is 15.0. The second-order valence-electron chi connectivity index (χ2n) is 7.31. The van der Waals surface area contributed by atoms with E-state index in [0.717, 1.165) is 9.82 Å². The number of fused-ring (bicyclic) bond motifs is 1. The summed E-state index contributed by atoms with van der Waals surface area (Å²) in [4.78, 5) is 17.1. The first kappa shape index (κ1) is 23.9. The van der Waals surface area contributed by atoms with E-state index in [2.05, 4.69) is 15.0 Å². The molecule has 2 N–H and O–H groups in total. The van der Waals surface area contributed by atoms with Crippen LogP contribution < -0.4 is 10.0 Å². The van der Waals surface area contributed by atoms with Crippen LogP contribution in [0.15, 0.2) is 52.3 Å². The van der Waals surface area contributed by atoms with Crippen molar-refractivity contribution in [1.82, 2.24) is 18.6 Å². The van der Waals surface area contributed by atoms with Crippen molar-refractivity contribution in [1.29, 1.82) is 0 Å². The van der Waals surface area contributed by atoms with Gasteiger partial charge in [0.1, 0.15) is 5.82 Å². The Morgan fingerprint density at radius 3 is 2.44 bits per heavy atom. The van der Waals surface area contributed by atoms with E-state index in [9.17, 15) is 21.6 Å². The smallest absolute Gasteiger partial charge is 0.242 e. The van der Waals surface area contributed by atoms with E-state index in [1.54, 1.807) is 25.2 Å². The predicted octanol–water partition coefficient (Wildman–Crippen LogP) is 1.30. The number of carbonyl (C=O) groups is 1. The van der Waals surface area contributed by atoms with Gasteiger partial charge in [0.25, 0.3) is 0 Å². The monoisotopic (exact) mass is 479 g/mol. The van der Waals surface area contributed by atoms with Crippen LogP contribution in [0.5, 0.6) is 0 Å². The SMILES string of the molecule is CNS(=O)(=O)c1cccc(NC(=O)CCc2nc3cc(S(=O)(=O)N(C)C)ccc3n2C)c1. The highest BCUT2D eigenvalue weighted by molar-refractivity contribution is 7.89. The third kappa shape index (κ3) is 4.83. The van der Waals surface area contributed by atoms with Gasteiger partial charge < -0.3 is 9.88 Å². The van der Waals surface area contributed by atoms with E-state index < -0.39 is 20.0 Å². The number of rotatable bonds is 8. The molecule has 0 aliphatic rings. The summed E-state index contributed by atoms with van der Waals surface area (Å²) in [6, 6.07) is 10.7. The van der Waals surface area contributed by atoms with Gasteiger partial charge in [-0.2, -0.15) is 0 Å². The Hall–Kier alpha value is -2.80. The van der Waals surface area contributed by atoms with Crippen molar-refractivity contribution >= 4 is 42.7 Å². The van der Waals surface area contributed by atoms with Gasteiger partial charge in [-0.25, -0.2) is 30.8 Å². The molecule has 12 heteroatoms. The molecule has 0 aliphatic carbocycles. The molecule has 1 aromatic heterocycles. The van der Waals surface area contributed by atoms with Crippen LogP contribution in [0.1, 0.15) is 12.2 Å². The maximum absolute atomic E-state index is 12.4. The lowest BCUT2D eigenvalue weighted by Gasteiger charge is -2.10. The highest BCUT2D eigenvalue weighted by Crippen LogP contribution is 2.22. The number of hydrogen-bond acceptors (Lipinski definition) is 6. The fourth-order valence-corrected chi connectivity index (χ4v) is 4.83. The Bertz CT molecular complexity index is 1380. The summed E-state index contributed by atoms with van der Waals surface area (Å²) in [6.45, 7) is 0. The third-order valence-corrected chi connectivity index (χ3v) is 8.22. The van der Waals surface area contributed by atoms with Crippen LogP contribution >= 0.6 is 0 Å². The van der Waals surface area contributed by atoms with Crippen molar-refractivity contribution in [3.8, 4) is 0 Å². The number of carbonyl (C=O) groups excluding carboxylic acids is 1. The molecule has 2 aromatic carbocycles. The second-order valence-corrected chi connectivity index (χ2v) is 11.3. The van der Waals surface area contributed by atoms with Crippen molar-refractivity contribution < 1.29 is 21.6 Å². The normalized spacial score (nSPS) is 12.4. The number of aryl methyl sites for hydroxylation is 2. The fraction of sp³-hybridized carbons (Fsp3) is 0.300. The van der Waals surface area contributed by atoms with Crippen LogP contribution in [0, 0.1) is 0 Å². The van der Waals surface area contributed by atoms with Gasteiger partial charge in [0.05, 0.1) is 20.8 Å². The van der Waals surface area contributed by atoms with Gasteiger partial charge in [-0.1, -0.05) is 6.07 Å². The number of hydrogen-bond donors (Lipinski definition) is 2. The van der Waals surface area contributed by atoms with Crippen molar-refractivity contribution in [3.05, 3.63) is 48.3 Å². The predicted molar refractivity (Wildman–Crippen MR) is 121 cm³/mol. The summed E-state index contributed by atoms with van der Waals surface area (Å²) in [5, 5.41) is 2.69. The number of imidazole rings is 1. The van der Waals surface area contributed by atoms with Gasteiger partial charge in [-0.15, -0.1) is 0 Å². The molecule has 0 unspecified atom stereocenters. The largest absolute Gasteiger partial charge is 0.331 e. The summed E-state index contributed by atoms with van der Waals surface area (Å²) in [5.41, 5.74) is 1.65. The lowest BCUT2D eigenvalue weighted by atomic mass is 10.2. The molecule has 3 rings (SSSR count). The fourth-order valence-electron chi connectivity index (χ4n) is 3.13. The maximum Gasteiger partial charge on any atom is 0.242 e. The minimum absolute atomic E-state index is 0.0524. The Labute approximate surface area is 187 Å². The van der Waals surface area contributed by atoms with Crippen LogP contribution in [-0.4, -0.2) is 57.7 Å². The zero-order valence-electron chi connectivity index (χ0n) is 18.2. The Kier molecular flexibility index (Phi) is 6.69. The van der Waals surface area contributed by atoms with Gasteiger partial charge in [-0.3, -0.25) is 4.79 Å². The second kappa shape index (κ2) is 8.98. The number of aromatic nitrogens is 2. The molecule has 0 atom stereocenters. The molecule has 0 bridgehead atoms. The molecule has 1 amide bonds. The van der Waals surface area contributed by atoms with Crippen LogP contribution in [0.3, 0.4) is 0 Å². The van der Waals surface area contributed by atoms with E-state index >= 15 is 0 Å². The molecule has 172 valence electrons. The van der Waals surface area contributed by atoms with E-state index in [1.165, 1.54) is 45.4 Å². The summed E-state index contributed by atoms with van der Waals surface area (Å²) < 4.78 is 53.7. The molecule has 0 spiro atoms. The molecular formula is C20H25N5O5S2. The first-order valence-electron chi connectivity index (χ1n) is 9.67. The average molecular weight is 480 g/mol. The Balaban J connectivity index is 1.74. The topological polar surface area (TPSA) is 130 Å². The van der Waals surface area contributed by atoms with Gasteiger partial charge in [0, 0.05) is 39.7 Å². The molecule has 3 aromatic rings. The standard InChI is InChI=1S/C20H25N5O5S2/c1-21-31(27,28)15-7-5-6-14(12-15)22-20(26)11-10-19-23-17-13-16(32(29,30)24(2)3)8-9-18(17)25(19)4/h5-9,12-13,21H,10-11H2,1-4H3,(H,22,26). The summed E-state index contributed by atoms with van der Waals surface area (Å²) >= 11 is 0. The number of benzene rings is 2. The van der Waals surface area contributed by atoms with Gasteiger partial charge >= 0.3 is 0 Å². The summed E-state index contributed by atoms with van der Waals surface area (Å²) in [5.74, 6) is 0.327. The average Bonchev–Trinajstić information content (AvgIpc) is 3.07. The van der Waals surface area contributed by atoms with Crippen molar-refractivity contribution in [2.45, 2.75) is 22.6 Å². The van der Waals surface area contributed by atoms with Crippen LogP contribution in [0.4, 0.5) is 5.69 Å². The Morgan fingerprint density at radius 2 is 1.78 bits per heavy atom. The molecule has 10 nitrogen and oxygen atoms in total. The van der Waals surface area contributed by atoms with Crippen molar-refractivity contribution in [2.75, 3.05) is 26.5 Å². The number of amides is 1. The van der Waals surface area contributed by atoms with Crippen molar-refractivity contribution in [3.63, 3.8) is 0 Å². The molecule has 0 saturated heterocycles. The number of nitrogens with one attached hydrogen (secondary N) is 2. The van der Waals surface area contributed by atoms with Gasteiger partial charge in [-0.05, 0) is 43.4 Å². The van der Waals surface area contributed by atoms with Gasteiger partial charge in [0.2, 0.25) is 26.0 Å². The molecule has 0 aliphatic heterocycles. The molecule has 32 heavy (non-hydrogen) atoms. The van der Waals surface area contributed by atoms with Crippen molar-refractivity contribution in [2.24, 2.45) is 7.05 Å². The third-order valence-electron chi connectivity index (χ3n) is 5.00. The zero-order chi connectivity index (χ0) is 23.7. The van der Waals surface area contributed by atoms with Crippen LogP contribution in [0.25, 0.3) is 11.0 Å².